The average Bonchev–Trinajstić information content (AvgIpc) is 2.89. The van der Waals surface area contributed by atoms with E-state index in [0.717, 1.165) is 19.4 Å². The van der Waals surface area contributed by atoms with Gasteiger partial charge in [-0.05, 0) is 31.9 Å². The molecule has 1 aliphatic heterocycles. The van der Waals surface area contributed by atoms with Crippen LogP contribution in [0.3, 0.4) is 0 Å². The summed E-state index contributed by atoms with van der Waals surface area (Å²) >= 11 is 0. The molecule has 0 aliphatic carbocycles. The number of hydrogen-bond donors (Lipinski definition) is 1. The molecule has 1 aromatic carbocycles. The minimum Gasteiger partial charge on any atom is -0.353 e. The summed E-state index contributed by atoms with van der Waals surface area (Å²) in [5.41, 5.74) is 1.30. The van der Waals surface area contributed by atoms with Gasteiger partial charge in [0, 0.05) is 26.2 Å². The van der Waals surface area contributed by atoms with Crippen molar-refractivity contribution in [1.29, 1.82) is 0 Å². The highest BCUT2D eigenvalue weighted by molar-refractivity contribution is 5.26. The van der Waals surface area contributed by atoms with Gasteiger partial charge in [-0.1, -0.05) is 30.3 Å². The monoisotopic (exact) mass is 249 g/mol. The molecule has 1 fully saturated rings. The Morgan fingerprint density at radius 2 is 1.89 bits per heavy atom. The van der Waals surface area contributed by atoms with Crippen LogP contribution in [0.2, 0.25) is 0 Å². The Hall–Kier alpha value is -0.900. The Labute approximate surface area is 109 Å². The topological polar surface area (TPSA) is 30.5 Å². The Morgan fingerprint density at radius 3 is 2.39 bits per heavy atom. The summed E-state index contributed by atoms with van der Waals surface area (Å²) in [6.45, 7) is 3.05. The van der Waals surface area contributed by atoms with Crippen LogP contribution in [0.4, 0.5) is 0 Å². The van der Waals surface area contributed by atoms with E-state index in [-0.39, 0.29) is 5.54 Å². The third kappa shape index (κ3) is 2.58. The van der Waals surface area contributed by atoms with E-state index in [0.29, 0.717) is 0 Å². The standard InChI is InChI=1S/C15H23NO2/c1-14(17-2,18-3)12-15(10-7-11-16-15)13-8-5-4-6-9-13/h4-6,8-9,16H,7,10-12H2,1-3H3. The normalized spacial score (nSPS) is 24.4. The summed E-state index contributed by atoms with van der Waals surface area (Å²) in [6, 6.07) is 10.6. The van der Waals surface area contributed by atoms with Gasteiger partial charge >= 0.3 is 0 Å². The van der Waals surface area contributed by atoms with Crippen molar-refractivity contribution in [3.63, 3.8) is 0 Å². The van der Waals surface area contributed by atoms with Gasteiger partial charge in [0.25, 0.3) is 0 Å². The van der Waals surface area contributed by atoms with Gasteiger partial charge in [0.05, 0.1) is 0 Å². The fourth-order valence-corrected chi connectivity index (χ4v) is 2.84. The summed E-state index contributed by atoms with van der Waals surface area (Å²) < 4.78 is 11.1. The number of hydrogen-bond acceptors (Lipinski definition) is 3. The molecular weight excluding hydrogens is 226 g/mol. The highest BCUT2D eigenvalue weighted by atomic mass is 16.7. The van der Waals surface area contributed by atoms with Gasteiger partial charge in [-0.3, -0.25) is 0 Å². The SMILES string of the molecule is COC(C)(CC1(c2ccccc2)CCCN1)OC. The third-order valence-corrected chi connectivity index (χ3v) is 4.06. The zero-order chi connectivity index (χ0) is 13.1. The molecule has 0 amide bonds. The molecule has 100 valence electrons. The molecule has 1 heterocycles. The fourth-order valence-electron chi connectivity index (χ4n) is 2.84. The minimum atomic E-state index is -0.548. The van der Waals surface area contributed by atoms with E-state index in [1.807, 2.05) is 6.92 Å². The lowest BCUT2D eigenvalue weighted by atomic mass is 9.82. The fraction of sp³-hybridized carbons (Fsp3) is 0.600. The Balaban J connectivity index is 2.28. The van der Waals surface area contributed by atoms with Gasteiger partial charge in [-0.2, -0.15) is 0 Å². The lowest BCUT2D eigenvalue weighted by molar-refractivity contribution is -0.207. The summed E-state index contributed by atoms with van der Waals surface area (Å²) in [6.07, 6.45) is 3.13. The number of methoxy groups -OCH3 is 2. The van der Waals surface area contributed by atoms with Gasteiger partial charge in [0.2, 0.25) is 0 Å². The van der Waals surface area contributed by atoms with Crippen LogP contribution in [-0.4, -0.2) is 26.6 Å². The summed E-state index contributed by atoms with van der Waals surface area (Å²) in [7, 11) is 3.41. The van der Waals surface area contributed by atoms with Crippen LogP contribution in [0.1, 0.15) is 31.7 Å². The Bertz CT molecular complexity index is 367. The molecule has 0 saturated carbocycles. The second-order valence-electron chi connectivity index (χ2n) is 5.20. The van der Waals surface area contributed by atoms with Crippen molar-refractivity contribution in [2.24, 2.45) is 0 Å². The molecule has 1 atom stereocenters. The minimum absolute atomic E-state index is 0.0258. The highest BCUT2D eigenvalue weighted by Crippen LogP contribution is 2.39. The molecule has 0 aromatic heterocycles. The van der Waals surface area contributed by atoms with E-state index >= 15 is 0 Å². The molecule has 1 saturated heterocycles. The largest absolute Gasteiger partial charge is 0.353 e. The first-order valence-corrected chi connectivity index (χ1v) is 6.55. The maximum atomic E-state index is 5.53. The van der Waals surface area contributed by atoms with Gasteiger partial charge in [0.15, 0.2) is 5.79 Å². The maximum absolute atomic E-state index is 5.53. The quantitative estimate of drug-likeness (QED) is 0.814. The number of nitrogens with one attached hydrogen (secondary N) is 1. The second kappa shape index (κ2) is 5.39. The van der Waals surface area contributed by atoms with Gasteiger partial charge in [-0.25, -0.2) is 0 Å². The zero-order valence-electron chi connectivity index (χ0n) is 11.5. The van der Waals surface area contributed by atoms with E-state index in [1.54, 1.807) is 14.2 Å². The summed E-state index contributed by atoms with van der Waals surface area (Å²) in [4.78, 5) is 0. The smallest absolute Gasteiger partial charge is 0.166 e. The van der Waals surface area contributed by atoms with E-state index < -0.39 is 5.79 Å². The van der Waals surface area contributed by atoms with Crippen molar-refractivity contribution in [3.05, 3.63) is 35.9 Å². The molecule has 3 nitrogen and oxygen atoms in total. The van der Waals surface area contributed by atoms with Crippen molar-refractivity contribution in [2.75, 3.05) is 20.8 Å². The third-order valence-electron chi connectivity index (χ3n) is 4.06. The van der Waals surface area contributed by atoms with Crippen molar-refractivity contribution in [1.82, 2.24) is 5.32 Å². The van der Waals surface area contributed by atoms with E-state index in [1.165, 1.54) is 12.0 Å². The van der Waals surface area contributed by atoms with Crippen LogP contribution >= 0.6 is 0 Å². The molecule has 0 radical (unpaired) electrons. The van der Waals surface area contributed by atoms with Gasteiger partial charge < -0.3 is 14.8 Å². The Kier molecular flexibility index (Phi) is 4.05. The summed E-state index contributed by atoms with van der Waals surface area (Å²) in [5, 5.41) is 3.65. The average molecular weight is 249 g/mol. The molecule has 0 spiro atoms. The summed E-state index contributed by atoms with van der Waals surface area (Å²) in [5.74, 6) is -0.548. The van der Waals surface area contributed by atoms with Gasteiger partial charge in [0.1, 0.15) is 0 Å². The first-order chi connectivity index (χ1) is 8.64. The highest BCUT2D eigenvalue weighted by Gasteiger charge is 2.42. The van der Waals surface area contributed by atoms with E-state index in [4.69, 9.17) is 9.47 Å². The van der Waals surface area contributed by atoms with Crippen LogP contribution < -0.4 is 5.32 Å². The molecule has 1 aliphatic rings. The van der Waals surface area contributed by atoms with E-state index in [2.05, 4.69) is 35.6 Å². The van der Waals surface area contributed by atoms with Crippen molar-refractivity contribution in [3.8, 4) is 0 Å². The maximum Gasteiger partial charge on any atom is 0.166 e. The first-order valence-electron chi connectivity index (χ1n) is 6.55. The predicted octanol–water partition coefficient (Wildman–Crippen LogP) is 2.66. The van der Waals surface area contributed by atoms with E-state index in [9.17, 15) is 0 Å². The van der Waals surface area contributed by atoms with Gasteiger partial charge in [-0.15, -0.1) is 0 Å². The molecule has 2 rings (SSSR count). The second-order valence-corrected chi connectivity index (χ2v) is 5.20. The number of benzene rings is 1. The molecule has 1 N–H and O–H groups in total. The molecular formula is C15H23NO2. The Morgan fingerprint density at radius 1 is 1.22 bits per heavy atom. The van der Waals surface area contributed by atoms with Crippen molar-refractivity contribution >= 4 is 0 Å². The molecule has 1 unspecified atom stereocenters. The first kappa shape index (κ1) is 13.5. The predicted molar refractivity (Wildman–Crippen MR) is 72.4 cm³/mol. The van der Waals surface area contributed by atoms with Crippen molar-refractivity contribution in [2.45, 2.75) is 37.5 Å². The van der Waals surface area contributed by atoms with Crippen LogP contribution in [0.5, 0.6) is 0 Å². The zero-order valence-corrected chi connectivity index (χ0v) is 11.5. The molecule has 0 bridgehead atoms. The molecule has 1 aromatic rings. The molecule has 3 heteroatoms. The van der Waals surface area contributed by atoms with Crippen molar-refractivity contribution < 1.29 is 9.47 Å². The van der Waals surface area contributed by atoms with Crippen LogP contribution in [0.15, 0.2) is 30.3 Å². The lowest BCUT2D eigenvalue weighted by Gasteiger charge is -2.38. The lowest BCUT2D eigenvalue weighted by Crippen LogP contribution is -2.46. The number of rotatable bonds is 5. The van der Waals surface area contributed by atoms with Crippen LogP contribution in [0, 0.1) is 0 Å². The number of ether oxygens (including phenoxy) is 2. The van der Waals surface area contributed by atoms with Crippen LogP contribution in [0.25, 0.3) is 0 Å². The molecule has 18 heavy (non-hydrogen) atoms. The van der Waals surface area contributed by atoms with Crippen LogP contribution in [-0.2, 0) is 15.0 Å².